The molecule has 1 aromatic rings. The molecule has 0 fully saturated rings. The zero-order chi connectivity index (χ0) is 14.4. The van der Waals surface area contributed by atoms with Gasteiger partial charge in [0.2, 0.25) is 0 Å². The molecule has 0 unspecified atom stereocenters. The number of nitrogens with two attached hydrogens (primary N) is 1. The van der Waals surface area contributed by atoms with Crippen molar-refractivity contribution in [3.63, 3.8) is 0 Å². The lowest BCUT2D eigenvalue weighted by molar-refractivity contribution is 0.198. The van der Waals surface area contributed by atoms with Crippen molar-refractivity contribution in [2.24, 2.45) is 0 Å². The van der Waals surface area contributed by atoms with Crippen molar-refractivity contribution in [3.05, 3.63) is 17.7 Å². The first-order valence-corrected chi connectivity index (χ1v) is 6.90. The first-order chi connectivity index (χ1) is 8.93. The molecule has 19 heavy (non-hydrogen) atoms. The Morgan fingerprint density at radius 2 is 1.58 bits per heavy atom. The highest BCUT2D eigenvalue weighted by atomic mass is 16.5. The second-order valence-corrected chi connectivity index (χ2v) is 5.11. The Balaban J connectivity index is 3.05. The van der Waals surface area contributed by atoms with Gasteiger partial charge in [0.1, 0.15) is 0 Å². The van der Waals surface area contributed by atoms with E-state index in [1.807, 2.05) is 39.8 Å². The van der Waals surface area contributed by atoms with Crippen LogP contribution in [0.5, 0.6) is 11.5 Å². The van der Waals surface area contributed by atoms with Crippen molar-refractivity contribution in [3.8, 4) is 11.5 Å². The molecule has 0 radical (unpaired) electrons. The molecule has 0 atom stereocenters. The Kier molecular flexibility index (Phi) is 5.96. The summed E-state index contributed by atoms with van der Waals surface area (Å²) in [6.07, 6.45) is 0.193. The van der Waals surface area contributed by atoms with E-state index in [2.05, 4.69) is 12.2 Å². The predicted molar refractivity (Wildman–Crippen MR) is 79.8 cm³/mol. The first-order valence-electron chi connectivity index (χ1n) is 6.90. The van der Waals surface area contributed by atoms with Crippen molar-refractivity contribution in [2.75, 3.05) is 12.3 Å². The molecule has 0 spiro atoms. The summed E-state index contributed by atoms with van der Waals surface area (Å²) in [4.78, 5) is 0. The molecule has 1 rings (SSSR count). The van der Waals surface area contributed by atoms with Gasteiger partial charge in [0, 0.05) is 18.3 Å². The maximum absolute atomic E-state index is 6.06. The van der Waals surface area contributed by atoms with E-state index in [9.17, 15) is 0 Å². The van der Waals surface area contributed by atoms with Gasteiger partial charge in [-0.05, 0) is 45.9 Å². The molecular weight excluding hydrogens is 240 g/mol. The molecule has 0 saturated carbocycles. The van der Waals surface area contributed by atoms with Crippen LogP contribution in [0.25, 0.3) is 0 Å². The number of anilines is 1. The minimum Gasteiger partial charge on any atom is -0.487 e. The lowest BCUT2D eigenvalue weighted by Crippen LogP contribution is -2.15. The third-order valence-corrected chi connectivity index (χ3v) is 2.50. The Bertz CT molecular complexity index is 403. The van der Waals surface area contributed by atoms with Crippen molar-refractivity contribution in [1.29, 1.82) is 0 Å². The minimum absolute atomic E-state index is 0.0912. The summed E-state index contributed by atoms with van der Waals surface area (Å²) < 4.78 is 11.6. The van der Waals surface area contributed by atoms with E-state index in [-0.39, 0.29) is 12.2 Å². The van der Waals surface area contributed by atoms with Gasteiger partial charge in [-0.25, -0.2) is 0 Å². The zero-order valence-electron chi connectivity index (χ0n) is 12.6. The molecule has 4 heteroatoms. The van der Waals surface area contributed by atoms with E-state index in [4.69, 9.17) is 15.2 Å². The van der Waals surface area contributed by atoms with Crippen molar-refractivity contribution < 1.29 is 9.47 Å². The fraction of sp³-hybridized carbons (Fsp3) is 0.600. The minimum atomic E-state index is 0.0912. The lowest BCUT2D eigenvalue weighted by Gasteiger charge is -2.19. The van der Waals surface area contributed by atoms with E-state index < -0.39 is 0 Å². The predicted octanol–water partition coefficient (Wildman–Crippen LogP) is 2.95. The molecule has 3 N–H and O–H groups in total. The normalized spacial score (nSPS) is 11.1. The second-order valence-electron chi connectivity index (χ2n) is 5.11. The van der Waals surface area contributed by atoms with Gasteiger partial charge in [-0.15, -0.1) is 0 Å². The van der Waals surface area contributed by atoms with Gasteiger partial charge < -0.3 is 20.5 Å². The topological polar surface area (TPSA) is 56.5 Å². The molecule has 4 nitrogen and oxygen atoms in total. The molecule has 0 amide bonds. The highest BCUT2D eigenvalue weighted by Gasteiger charge is 2.13. The number of nitrogens with one attached hydrogen (secondary N) is 1. The third-order valence-electron chi connectivity index (χ3n) is 2.50. The average Bonchev–Trinajstić information content (AvgIpc) is 2.29. The summed E-state index contributed by atoms with van der Waals surface area (Å²) in [6, 6.07) is 3.82. The maximum atomic E-state index is 6.06. The summed E-state index contributed by atoms with van der Waals surface area (Å²) in [5.41, 5.74) is 7.83. The molecule has 0 saturated heterocycles. The SMILES string of the molecule is CCNCc1cc(OC(C)C)c(OC(C)C)cc1N. The zero-order valence-corrected chi connectivity index (χ0v) is 12.6. The molecular formula is C15H26N2O2. The van der Waals surface area contributed by atoms with Crippen LogP contribution < -0.4 is 20.5 Å². The summed E-state index contributed by atoms with van der Waals surface area (Å²) in [5, 5.41) is 3.27. The molecule has 0 aromatic heterocycles. The summed E-state index contributed by atoms with van der Waals surface area (Å²) in [7, 11) is 0. The van der Waals surface area contributed by atoms with Crippen LogP contribution in [0.2, 0.25) is 0 Å². The van der Waals surface area contributed by atoms with Crippen molar-refractivity contribution >= 4 is 5.69 Å². The molecule has 0 aliphatic rings. The second kappa shape index (κ2) is 7.24. The Morgan fingerprint density at radius 3 is 2.05 bits per heavy atom. The molecule has 1 aromatic carbocycles. The van der Waals surface area contributed by atoms with Gasteiger partial charge >= 0.3 is 0 Å². The lowest BCUT2D eigenvalue weighted by atomic mass is 10.1. The van der Waals surface area contributed by atoms with Crippen LogP contribution in [0, 0.1) is 0 Å². The molecule has 0 aliphatic heterocycles. The van der Waals surface area contributed by atoms with Gasteiger partial charge in [-0.3, -0.25) is 0 Å². The fourth-order valence-corrected chi connectivity index (χ4v) is 1.72. The molecule has 0 heterocycles. The Morgan fingerprint density at radius 1 is 1.05 bits per heavy atom. The smallest absolute Gasteiger partial charge is 0.163 e. The van der Waals surface area contributed by atoms with Gasteiger partial charge in [0.05, 0.1) is 12.2 Å². The van der Waals surface area contributed by atoms with Crippen molar-refractivity contribution in [2.45, 2.75) is 53.4 Å². The van der Waals surface area contributed by atoms with Crippen molar-refractivity contribution in [1.82, 2.24) is 5.32 Å². The molecule has 0 aliphatic carbocycles. The van der Waals surface area contributed by atoms with Crippen LogP contribution in [0.3, 0.4) is 0 Å². The molecule has 0 bridgehead atoms. The highest BCUT2D eigenvalue weighted by molar-refractivity contribution is 5.58. The Labute approximate surface area is 116 Å². The largest absolute Gasteiger partial charge is 0.487 e. The Hall–Kier alpha value is -1.42. The van der Waals surface area contributed by atoms with E-state index >= 15 is 0 Å². The number of hydrogen-bond acceptors (Lipinski definition) is 4. The molecule has 108 valence electrons. The summed E-state index contributed by atoms with van der Waals surface area (Å²) in [5.74, 6) is 1.47. The van der Waals surface area contributed by atoms with Crippen LogP contribution in [0.1, 0.15) is 40.2 Å². The number of ether oxygens (including phenoxy) is 2. The standard InChI is InChI=1S/C15H26N2O2/c1-6-17-9-12-7-14(18-10(2)3)15(8-13(12)16)19-11(4)5/h7-8,10-11,17H,6,9,16H2,1-5H3. The first kappa shape index (κ1) is 15.6. The summed E-state index contributed by atoms with van der Waals surface area (Å²) >= 11 is 0. The number of hydrogen-bond donors (Lipinski definition) is 2. The van der Waals surface area contributed by atoms with Gasteiger partial charge in [0.25, 0.3) is 0 Å². The van der Waals surface area contributed by atoms with Gasteiger partial charge in [0.15, 0.2) is 11.5 Å². The summed E-state index contributed by atoms with van der Waals surface area (Å²) in [6.45, 7) is 11.7. The van der Waals surface area contributed by atoms with E-state index in [1.165, 1.54) is 0 Å². The number of rotatable bonds is 7. The van der Waals surface area contributed by atoms with Crippen LogP contribution in [-0.4, -0.2) is 18.8 Å². The highest BCUT2D eigenvalue weighted by Crippen LogP contribution is 2.34. The van der Waals surface area contributed by atoms with E-state index in [0.29, 0.717) is 5.75 Å². The quantitative estimate of drug-likeness (QED) is 0.745. The third kappa shape index (κ3) is 4.99. The number of nitrogen functional groups attached to an aromatic ring is 1. The maximum Gasteiger partial charge on any atom is 0.163 e. The van der Waals surface area contributed by atoms with Gasteiger partial charge in [-0.2, -0.15) is 0 Å². The fourth-order valence-electron chi connectivity index (χ4n) is 1.72. The average molecular weight is 266 g/mol. The van der Waals surface area contributed by atoms with Crippen LogP contribution in [0.4, 0.5) is 5.69 Å². The van der Waals surface area contributed by atoms with E-state index in [1.54, 1.807) is 0 Å². The monoisotopic (exact) mass is 266 g/mol. The number of benzene rings is 1. The van der Waals surface area contributed by atoms with Crippen LogP contribution in [0.15, 0.2) is 12.1 Å². The van der Waals surface area contributed by atoms with Crippen LogP contribution in [-0.2, 0) is 6.54 Å². The van der Waals surface area contributed by atoms with Crippen LogP contribution >= 0.6 is 0 Å². The van der Waals surface area contributed by atoms with Gasteiger partial charge in [-0.1, -0.05) is 6.92 Å². The van der Waals surface area contributed by atoms with E-state index in [0.717, 1.165) is 30.1 Å².